The Balaban J connectivity index is 2.61. The average Bonchev–Trinajstić information content (AvgIpc) is 2.18. The molecule has 0 bridgehead atoms. The van der Waals surface area contributed by atoms with E-state index in [2.05, 4.69) is 29.1 Å². The van der Waals surface area contributed by atoms with E-state index >= 15 is 0 Å². The molecule has 1 aromatic rings. The number of rotatable bonds is 1. The zero-order valence-corrected chi connectivity index (χ0v) is 9.72. The van der Waals surface area contributed by atoms with E-state index in [1.54, 1.807) is 7.11 Å². The molecule has 2 heterocycles. The third-order valence-electron chi connectivity index (χ3n) is 2.81. The Labute approximate surface area is 90.1 Å². The van der Waals surface area contributed by atoms with Gasteiger partial charge in [0.15, 0.2) is 0 Å². The third kappa shape index (κ3) is 1.69. The Hall–Kier alpha value is -1.16. The first kappa shape index (κ1) is 10.4. The van der Waals surface area contributed by atoms with E-state index in [0.717, 1.165) is 35.9 Å². The molecular weight excluding hydrogens is 190 g/mol. The van der Waals surface area contributed by atoms with Crippen molar-refractivity contribution in [1.29, 1.82) is 0 Å². The van der Waals surface area contributed by atoms with Crippen LogP contribution in [0, 0.1) is 6.92 Å². The second kappa shape index (κ2) is 3.45. The molecule has 0 aliphatic carbocycles. The SMILES string of the molecule is COc1nc(C)nc2c1CCNC2(C)C. The smallest absolute Gasteiger partial charge is 0.219 e. The highest BCUT2D eigenvalue weighted by Gasteiger charge is 2.31. The molecule has 0 amide bonds. The first-order chi connectivity index (χ1) is 7.04. The van der Waals surface area contributed by atoms with Crippen molar-refractivity contribution in [3.8, 4) is 5.88 Å². The van der Waals surface area contributed by atoms with Gasteiger partial charge in [0.1, 0.15) is 5.82 Å². The summed E-state index contributed by atoms with van der Waals surface area (Å²) >= 11 is 0. The van der Waals surface area contributed by atoms with Gasteiger partial charge in [-0.15, -0.1) is 0 Å². The van der Waals surface area contributed by atoms with Crippen LogP contribution in [0.2, 0.25) is 0 Å². The Morgan fingerprint density at radius 3 is 2.73 bits per heavy atom. The number of aryl methyl sites for hydroxylation is 1. The number of aromatic nitrogens is 2. The standard InChI is InChI=1S/C11H17N3O/c1-7-13-9-8(10(14-7)15-4)5-6-12-11(9,2)3/h12H,5-6H2,1-4H3. The maximum Gasteiger partial charge on any atom is 0.219 e. The molecule has 1 N–H and O–H groups in total. The van der Waals surface area contributed by atoms with Gasteiger partial charge in [-0.2, -0.15) is 4.98 Å². The van der Waals surface area contributed by atoms with Gasteiger partial charge in [-0.1, -0.05) is 0 Å². The Bertz CT molecular complexity index is 388. The molecule has 0 aromatic carbocycles. The van der Waals surface area contributed by atoms with Crippen molar-refractivity contribution in [2.24, 2.45) is 0 Å². The average molecular weight is 207 g/mol. The van der Waals surface area contributed by atoms with Crippen molar-refractivity contribution >= 4 is 0 Å². The zero-order valence-electron chi connectivity index (χ0n) is 9.72. The van der Waals surface area contributed by atoms with Gasteiger partial charge in [-0.25, -0.2) is 4.98 Å². The van der Waals surface area contributed by atoms with E-state index in [1.165, 1.54) is 0 Å². The van der Waals surface area contributed by atoms with Crippen LogP contribution < -0.4 is 10.1 Å². The van der Waals surface area contributed by atoms with Crippen LogP contribution >= 0.6 is 0 Å². The number of nitrogens with zero attached hydrogens (tertiary/aromatic N) is 2. The van der Waals surface area contributed by atoms with Gasteiger partial charge < -0.3 is 10.1 Å². The van der Waals surface area contributed by atoms with Crippen molar-refractivity contribution in [1.82, 2.24) is 15.3 Å². The predicted molar refractivity (Wildman–Crippen MR) is 58.1 cm³/mol. The molecule has 1 aliphatic rings. The minimum absolute atomic E-state index is 0.0887. The van der Waals surface area contributed by atoms with Gasteiger partial charge in [0.2, 0.25) is 5.88 Å². The van der Waals surface area contributed by atoms with Crippen LogP contribution in [0.5, 0.6) is 5.88 Å². The number of fused-ring (bicyclic) bond motifs is 1. The van der Waals surface area contributed by atoms with Crippen LogP contribution in [-0.4, -0.2) is 23.6 Å². The number of ether oxygens (including phenoxy) is 1. The molecule has 1 aliphatic heterocycles. The summed E-state index contributed by atoms with van der Waals surface area (Å²) in [5, 5.41) is 3.45. The van der Waals surface area contributed by atoms with E-state index < -0.39 is 0 Å². The summed E-state index contributed by atoms with van der Waals surface area (Å²) in [4.78, 5) is 8.83. The largest absolute Gasteiger partial charge is 0.481 e. The number of nitrogens with one attached hydrogen (secondary N) is 1. The van der Waals surface area contributed by atoms with Gasteiger partial charge in [0.05, 0.1) is 18.3 Å². The van der Waals surface area contributed by atoms with Crippen molar-refractivity contribution in [3.05, 3.63) is 17.1 Å². The van der Waals surface area contributed by atoms with Crippen LogP contribution in [0.3, 0.4) is 0 Å². The summed E-state index contributed by atoms with van der Waals surface area (Å²) in [6, 6.07) is 0. The van der Waals surface area contributed by atoms with Crippen LogP contribution in [-0.2, 0) is 12.0 Å². The molecule has 0 unspecified atom stereocenters. The van der Waals surface area contributed by atoms with E-state index in [0.29, 0.717) is 0 Å². The molecule has 4 nitrogen and oxygen atoms in total. The first-order valence-corrected chi connectivity index (χ1v) is 5.21. The Morgan fingerprint density at radius 2 is 2.07 bits per heavy atom. The highest BCUT2D eigenvalue weighted by atomic mass is 16.5. The van der Waals surface area contributed by atoms with Crippen LogP contribution in [0.25, 0.3) is 0 Å². The third-order valence-corrected chi connectivity index (χ3v) is 2.81. The fourth-order valence-corrected chi connectivity index (χ4v) is 2.06. The van der Waals surface area contributed by atoms with Gasteiger partial charge in [0.25, 0.3) is 0 Å². The maximum atomic E-state index is 5.31. The minimum Gasteiger partial charge on any atom is -0.481 e. The lowest BCUT2D eigenvalue weighted by atomic mass is 9.90. The van der Waals surface area contributed by atoms with E-state index in [9.17, 15) is 0 Å². The van der Waals surface area contributed by atoms with Gasteiger partial charge in [-0.05, 0) is 27.2 Å². The summed E-state index contributed by atoms with van der Waals surface area (Å²) in [7, 11) is 1.66. The van der Waals surface area contributed by atoms with Crippen LogP contribution in [0.1, 0.15) is 30.9 Å². The molecule has 0 saturated heterocycles. The lowest BCUT2D eigenvalue weighted by Crippen LogP contribution is -2.43. The lowest BCUT2D eigenvalue weighted by molar-refractivity contribution is 0.342. The number of hydrogen-bond acceptors (Lipinski definition) is 4. The van der Waals surface area contributed by atoms with E-state index in [1.807, 2.05) is 6.92 Å². The highest BCUT2D eigenvalue weighted by Crippen LogP contribution is 2.30. The summed E-state index contributed by atoms with van der Waals surface area (Å²) in [5.41, 5.74) is 2.12. The van der Waals surface area contributed by atoms with Gasteiger partial charge in [-0.3, -0.25) is 0 Å². The number of methoxy groups -OCH3 is 1. The van der Waals surface area contributed by atoms with E-state index in [4.69, 9.17) is 4.74 Å². The van der Waals surface area contributed by atoms with Gasteiger partial charge in [0, 0.05) is 12.1 Å². The van der Waals surface area contributed by atoms with Crippen molar-refractivity contribution in [2.45, 2.75) is 32.7 Å². The zero-order chi connectivity index (χ0) is 11.1. The van der Waals surface area contributed by atoms with E-state index in [-0.39, 0.29) is 5.54 Å². The maximum absolute atomic E-state index is 5.31. The molecule has 82 valence electrons. The molecule has 0 fully saturated rings. The molecule has 0 atom stereocenters. The molecule has 0 radical (unpaired) electrons. The summed E-state index contributed by atoms with van der Waals surface area (Å²) in [5.74, 6) is 1.49. The van der Waals surface area contributed by atoms with Crippen molar-refractivity contribution in [3.63, 3.8) is 0 Å². The second-order valence-corrected chi connectivity index (χ2v) is 4.41. The fraction of sp³-hybridized carbons (Fsp3) is 0.636. The van der Waals surface area contributed by atoms with Crippen LogP contribution in [0.4, 0.5) is 0 Å². The molecule has 0 spiro atoms. The Morgan fingerprint density at radius 1 is 1.33 bits per heavy atom. The van der Waals surface area contributed by atoms with Crippen LogP contribution in [0.15, 0.2) is 0 Å². The van der Waals surface area contributed by atoms with Crippen molar-refractivity contribution < 1.29 is 4.74 Å². The summed E-state index contributed by atoms with van der Waals surface area (Å²) in [6.45, 7) is 7.12. The molecule has 4 heteroatoms. The van der Waals surface area contributed by atoms with Crippen molar-refractivity contribution in [2.75, 3.05) is 13.7 Å². The molecule has 15 heavy (non-hydrogen) atoms. The normalized spacial score (nSPS) is 18.4. The topological polar surface area (TPSA) is 47.0 Å². The lowest BCUT2D eigenvalue weighted by Gasteiger charge is -2.33. The quantitative estimate of drug-likeness (QED) is 0.751. The summed E-state index contributed by atoms with van der Waals surface area (Å²) in [6.07, 6.45) is 0.933. The fourth-order valence-electron chi connectivity index (χ4n) is 2.06. The molecule has 0 saturated carbocycles. The summed E-state index contributed by atoms with van der Waals surface area (Å²) < 4.78 is 5.31. The molecular formula is C11H17N3O. The first-order valence-electron chi connectivity index (χ1n) is 5.21. The van der Waals surface area contributed by atoms with Gasteiger partial charge >= 0.3 is 0 Å². The second-order valence-electron chi connectivity index (χ2n) is 4.41. The Kier molecular flexibility index (Phi) is 2.38. The molecule has 1 aromatic heterocycles. The molecule has 2 rings (SSSR count). The monoisotopic (exact) mass is 207 g/mol. The number of hydrogen-bond donors (Lipinski definition) is 1. The highest BCUT2D eigenvalue weighted by molar-refractivity contribution is 5.37. The minimum atomic E-state index is -0.0887. The predicted octanol–water partition coefficient (Wildman–Crippen LogP) is 1.17.